The molecule has 9 heteroatoms. The molecule has 182 valence electrons. The highest BCUT2D eigenvalue weighted by Crippen LogP contribution is 2.26. The third kappa shape index (κ3) is 6.70. The van der Waals surface area contributed by atoms with Crippen molar-refractivity contribution in [1.29, 1.82) is 0 Å². The van der Waals surface area contributed by atoms with Gasteiger partial charge < -0.3 is 14.8 Å². The van der Waals surface area contributed by atoms with Gasteiger partial charge in [-0.3, -0.25) is 4.79 Å². The summed E-state index contributed by atoms with van der Waals surface area (Å²) in [6.45, 7) is 10.1. The highest BCUT2D eigenvalue weighted by atomic mass is 35.5. The Kier molecular flexibility index (Phi) is 7.21. The molecule has 1 aromatic heterocycles. The van der Waals surface area contributed by atoms with Gasteiger partial charge in [0, 0.05) is 12.1 Å². The summed E-state index contributed by atoms with van der Waals surface area (Å²) in [6, 6.07) is 10.5. The standard InChI is InChI=1S/C25H30ClN3O5/c1-24(2,3)33-22(31)29(23(32)34-25(4,5)6)18-13-19(28-20(26)14-18)21(30)27-17-11-15-9-7-8-10-16(15)12-17/h7-10,13-14,17H,11-12H2,1-6H3,(H,27,30). The lowest BCUT2D eigenvalue weighted by Gasteiger charge is -2.28. The highest BCUT2D eigenvalue weighted by molar-refractivity contribution is 6.30. The van der Waals surface area contributed by atoms with E-state index in [1.807, 2.05) is 24.3 Å². The summed E-state index contributed by atoms with van der Waals surface area (Å²) >= 11 is 6.18. The van der Waals surface area contributed by atoms with Gasteiger partial charge in [0.25, 0.3) is 5.91 Å². The van der Waals surface area contributed by atoms with E-state index in [0.717, 1.165) is 0 Å². The molecule has 0 radical (unpaired) electrons. The Hall–Kier alpha value is -3.13. The number of hydrogen-bond donors (Lipinski definition) is 1. The molecule has 3 rings (SSSR count). The van der Waals surface area contributed by atoms with Crippen molar-refractivity contribution >= 4 is 35.4 Å². The van der Waals surface area contributed by atoms with Crippen LogP contribution in [0, 0.1) is 0 Å². The second kappa shape index (κ2) is 9.62. The zero-order valence-corrected chi connectivity index (χ0v) is 21.0. The Morgan fingerprint density at radius 2 is 1.44 bits per heavy atom. The molecule has 0 saturated heterocycles. The summed E-state index contributed by atoms with van der Waals surface area (Å²) in [5, 5.41) is 2.90. The van der Waals surface area contributed by atoms with Crippen molar-refractivity contribution in [2.45, 2.75) is 71.6 Å². The molecule has 0 unspecified atom stereocenters. The summed E-state index contributed by atoms with van der Waals surface area (Å²) in [7, 11) is 0. The molecular weight excluding hydrogens is 458 g/mol. The van der Waals surface area contributed by atoms with Gasteiger partial charge in [-0.15, -0.1) is 0 Å². The van der Waals surface area contributed by atoms with Crippen molar-refractivity contribution in [1.82, 2.24) is 10.3 Å². The number of halogens is 1. The molecule has 0 fully saturated rings. The zero-order valence-electron chi connectivity index (χ0n) is 20.3. The van der Waals surface area contributed by atoms with Gasteiger partial charge in [-0.1, -0.05) is 35.9 Å². The number of aromatic nitrogens is 1. The lowest BCUT2D eigenvalue weighted by molar-refractivity contribution is 0.0430. The molecular formula is C25H30ClN3O5. The number of nitrogens with one attached hydrogen (secondary N) is 1. The number of amides is 3. The number of benzene rings is 1. The van der Waals surface area contributed by atoms with Crippen molar-refractivity contribution in [2.75, 3.05) is 4.90 Å². The van der Waals surface area contributed by atoms with Crippen molar-refractivity contribution in [3.63, 3.8) is 0 Å². The fraction of sp³-hybridized carbons (Fsp3) is 0.440. The summed E-state index contributed by atoms with van der Waals surface area (Å²) in [5.41, 5.74) is 0.624. The van der Waals surface area contributed by atoms with Crippen molar-refractivity contribution in [3.8, 4) is 0 Å². The van der Waals surface area contributed by atoms with Crippen molar-refractivity contribution in [2.24, 2.45) is 0 Å². The van der Waals surface area contributed by atoms with Gasteiger partial charge >= 0.3 is 12.2 Å². The van der Waals surface area contributed by atoms with Crippen LogP contribution in [0.5, 0.6) is 0 Å². The van der Waals surface area contributed by atoms with E-state index in [1.54, 1.807) is 41.5 Å². The van der Waals surface area contributed by atoms with E-state index >= 15 is 0 Å². The molecule has 0 atom stereocenters. The van der Waals surface area contributed by atoms with E-state index in [-0.39, 0.29) is 22.6 Å². The molecule has 8 nitrogen and oxygen atoms in total. The monoisotopic (exact) mass is 487 g/mol. The average molecular weight is 488 g/mol. The number of hydrogen-bond acceptors (Lipinski definition) is 6. The number of anilines is 1. The predicted octanol–water partition coefficient (Wildman–Crippen LogP) is 5.31. The van der Waals surface area contributed by atoms with Crippen LogP contribution < -0.4 is 10.2 Å². The topological polar surface area (TPSA) is 97.8 Å². The number of pyridine rings is 1. The average Bonchev–Trinajstić information content (AvgIpc) is 3.07. The lowest BCUT2D eigenvalue weighted by atomic mass is 10.1. The van der Waals surface area contributed by atoms with Crippen LogP contribution in [0.2, 0.25) is 5.15 Å². The molecule has 3 amide bonds. The van der Waals surface area contributed by atoms with E-state index < -0.39 is 29.3 Å². The second-order valence-electron chi connectivity index (χ2n) is 10.2. The maximum absolute atomic E-state index is 13.0. The molecule has 34 heavy (non-hydrogen) atoms. The van der Waals surface area contributed by atoms with Crippen LogP contribution >= 0.6 is 11.6 Å². The van der Waals surface area contributed by atoms with Gasteiger partial charge in [-0.2, -0.15) is 4.90 Å². The summed E-state index contributed by atoms with van der Waals surface area (Å²) in [5.74, 6) is -0.463. The van der Waals surface area contributed by atoms with Crippen LogP contribution in [0.1, 0.15) is 63.2 Å². The Balaban J connectivity index is 1.87. The number of carbonyl (C=O) groups is 3. The number of nitrogens with zero attached hydrogens (tertiary/aromatic N) is 2. The summed E-state index contributed by atoms with van der Waals surface area (Å²) < 4.78 is 10.8. The minimum Gasteiger partial charge on any atom is -0.443 e. The maximum Gasteiger partial charge on any atom is 0.424 e. The van der Waals surface area contributed by atoms with Crippen molar-refractivity contribution < 1.29 is 23.9 Å². The lowest BCUT2D eigenvalue weighted by Crippen LogP contribution is -2.44. The first-order chi connectivity index (χ1) is 15.7. The van der Waals surface area contributed by atoms with Gasteiger partial charge in [0.2, 0.25) is 0 Å². The fourth-order valence-corrected chi connectivity index (χ4v) is 3.75. The Bertz CT molecular complexity index is 1050. The van der Waals surface area contributed by atoms with Crippen LogP contribution in [-0.2, 0) is 22.3 Å². The number of fused-ring (bicyclic) bond motifs is 1. The summed E-state index contributed by atoms with van der Waals surface area (Å²) in [6.07, 6.45) is -0.502. The molecule has 0 spiro atoms. The maximum atomic E-state index is 13.0. The van der Waals surface area contributed by atoms with Crippen LogP contribution in [0.15, 0.2) is 36.4 Å². The third-order valence-electron chi connectivity index (χ3n) is 4.81. The fourth-order valence-electron chi connectivity index (χ4n) is 3.55. The predicted molar refractivity (Wildman–Crippen MR) is 129 cm³/mol. The molecule has 0 bridgehead atoms. The molecule has 1 heterocycles. The number of ether oxygens (including phenoxy) is 2. The smallest absolute Gasteiger partial charge is 0.424 e. The number of rotatable bonds is 3. The van der Waals surface area contributed by atoms with Crippen LogP contribution in [0.25, 0.3) is 0 Å². The van der Waals surface area contributed by atoms with E-state index in [1.165, 1.54) is 23.3 Å². The largest absolute Gasteiger partial charge is 0.443 e. The van der Waals surface area contributed by atoms with E-state index in [2.05, 4.69) is 10.3 Å². The Morgan fingerprint density at radius 1 is 0.941 bits per heavy atom. The molecule has 1 aliphatic carbocycles. The quantitative estimate of drug-likeness (QED) is 0.589. The van der Waals surface area contributed by atoms with Gasteiger partial charge in [-0.05, 0) is 71.6 Å². The SMILES string of the molecule is CC(C)(C)OC(=O)N(C(=O)OC(C)(C)C)c1cc(Cl)nc(C(=O)NC2Cc3ccccc3C2)c1. The van der Waals surface area contributed by atoms with Crippen LogP contribution in [0.3, 0.4) is 0 Å². The zero-order chi connectivity index (χ0) is 25.3. The van der Waals surface area contributed by atoms with Gasteiger partial charge in [0.05, 0.1) is 5.69 Å². The molecule has 1 aromatic carbocycles. The van der Waals surface area contributed by atoms with Gasteiger partial charge in [-0.25, -0.2) is 14.6 Å². The highest BCUT2D eigenvalue weighted by Gasteiger charge is 2.34. The molecule has 0 saturated carbocycles. The molecule has 2 aromatic rings. The third-order valence-corrected chi connectivity index (χ3v) is 5.00. The first-order valence-electron chi connectivity index (χ1n) is 11.0. The molecule has 0 aliphatic heterocycles. The number of carbonyl (C=O) groups excluding carboxylic acids is 3. The Labute approximate surface area is 204 Å². The normalized spacial score (nSPS) is 13.7. The first-order valence-corrected chi connectivity index (χ1v) is 11.4. The van der Waals surface area contributed by atoms with Gasteiger partial charge in [0.15, 0.2) is 0 Å². The molecule has 1 aliphatic rings. The van der Waals surface area contributed by atoms with Crippen LogP contribution in [0.4, 0.5) is 15.3 Å². The first kappa shape index (κ1) is 25.5. The van der Waals surface area contributed by atoms with Crippen molar-refractivity contribution in [3.05, 3.63) is 58.4 Å². The Morgan fingerprint density at radius 3 is 1.91 bits per heavy atom. The number of imide groups is 1. The van der Waals surface area contributed by atoms with E-state index in [4.69, 9.17) is 21.1 Å². The van der Waals surface area contributed by atoms with Gasteiger partial charge in [0.1, 0.15) is 22.0 Å². The minimum atomic E-state index is -0.957. The molecule has 1 N–H and O–H groups in total. The minimum absolute atomic E-state index is 0.0170. The summed E-state index contributed by atoms with van der Waals surface area (Å²) in [4.78, 5) is 43.7. The second-order valence-corrected chi connectivity index (χ2v) is 10.6. The van der Waals surface area contributed by atoms with E-state index in [9.17, 15) is 14.4 Å². The van der Waals surface area contributed by atoms with Crippen LogP contribution in [-0.4, -0.2) is 40.3 Å². The van der Waals surface area contributed by atoms with E-state index in [0.29, 0.717) is 17.7 Å².